The van der Waals surface area contributed by atoms with E-state index < -0.39 is 17.9 Å². The number of piperidine rings is 1. The zero-order valence-corrected chi connectivity index (χ0v) is 20.6. The number of carbonyl (C=O) groups is 3. The number of nitrogens with zero attached hydrogens (tertiary/aromatic N) is 2. The van der Waals surface area contributed by atoms with Gasteiger partial charge in [-0.15, -0.1) is 0 Å². The molecule has 2 amide bonds. The van der Waals surface area contributed by atoms with Gasteiger partial charge in [-0.25, -0.2) is 9.79 Å². The van der Waals surface area contributed by atoms with Gasteiger partial charge in [0.15, 0.2) is 5.70 Å². The fourth-order valence-electron chi connectivity index (χ4n) is 4.02. The van der Waals surface area contributed by atoms with Gasteiger partial charge in [0.25, 0.3) is 0 Å². The van der Waals surface area contributed by atoms with Crippen LogP contribution in [0.2, 0.25) is 10.0 Å². The summed E-state index contributed by atoms with van der Waals surface area (Å²) in [7, 11) is 0. The van der Waals surface area contributed by atoms with Crippen LogP contribution in [0.1, 0.15) is 24.0 Å². The Morgan fingerprint density at radius 2 is 1.89 bits per heavy atom. The summed E-state index contributed by atoms with van der Waals surface area (Å²) < 4.78 is 5.27. The van der Waals surface area contributed by atoms with Gasteiger partial charge >= 0.3 is 5.97 Å². The molecule has 0 saturated carbocycles. The number of nitrogens with one attached hydrogen (secondary N) is 1. The van der Waals surface area contributed by atoms with Gasteiger partial charge in [0.2, 0.25) is 17.7 Å². The SMILES string of the molecule is NC(=O)[C@H](Cc1ccc(O)cc1)NC(=O)C1CCN(/C=C2\N=C(c3ccc(Cl)cc3Cl)OC2=O)CC1. The summed E-state index contributed by atoms with van der Waals surface area (Å²) in [5.41, 5.74) is 6.87. The lowest BCUT2D eigenvalue weighted by atomic mass is 9.95. The van der Waals surface area contributed by atoms with E-state index in [1.807, 2.05) is 4.90 Å². The minimum atomic E-state index is -0.858. The largest absolute Gasteiger partial charge is 0.508 e. The van der Waals surface area contributed by atoms with Crippen LogP contribution in [0.15, 0.2) is 59.4 Å². The number of aliphatic imine (C=N–C) groups is 1. The van der Waals surface area contributed by atoms with Gasteiger partial charge in [0, 0.05) is 36.7 Å². The number of halogens is 2. The summed E-state index contributed by atoms with van der Waals surface area (Å²) in [5.74, 6) is -1.55. The summed E-state index contributed by atoms with van der Waals surface area (Å²) in [4.78, 5) is 43.2. The molecule has 2 aromatic carbocycles. The van der Waals surface area contributed by atoms with E-state index in [4.69, 9.17) is 33.7 Å². The van der Waals surface area contributed by atoms with Crippen molar-refractivity contribution in [1.29, 1.82) is 0 Å². The van der Waals surface area contributed by atoms with Crippen LogP contribution in [0.4, 0.5) is 0 Å². The first-order valence-electron chi connectivity index (χ1n) is 11.3. The molecule has 0 unspecified atom stereocenters. The summed E-state index contributed by atoms with van der Waals surface area (Å²) in [6.45, 7) is 1.03. The number of rotatable bonds is 7. The Bertz CT molecular complexity index is 1240. The number of amides is 2. The Kier molecular flexibility index (Phi) is 7.81. The monoisotopic (exact) mass is 530 g/mol. The second kappa shape index (κ2) is 11.0. The number of primary amides is 1. The number of carbonyl (C=O) groups excluding carboxylic acids is 3. The Morgan fingerprint density at radius 3 is 2.53 bits per heavy atom. The Balaban J connectivity index is 1.34. The van der Waals surface area contributed by atoms with Crippen LogP contribution < -0.4 is 11.1 Å². The lowest BCUT2D eigenvalue weighted by molar-refractivity contribution is -0.131. The number of cyclic esters (lactones) is 1. The van der Waals surface area contributed by atoms with Crippen LogP contribution in [0.5, 0.6) is 5.75 Å². The molecule has 4 rings (SSSR count). The van der Waals surface area contributed by atoms with Crippen LogP contribution >= 0.6 is 23.2 Å². The third kappa shape index (κ3) is 6.16. The molecule has 2 heterocycles. The highest BCUT2D eigenvalue weighted by Gasteiger charge is 2.30. The third-order valence-corrected chi connectivity index (χ3v) is 6.57. The van der Waals surface area contributed by atoms with Crippen molar-refractivity contribution in [2.24, 2.45) is 16.6 Å². The normalized spacial score (nSPS) is 18.1. The van der Waals surface area contributed by atoms with Crippen molar-refractivity contribution in [3.05, 3.63) is 75.5 Å². The molecule has 0 bridgehead atoms. The van der Waals surface area contributed by atoms with E-state index in [1.54, 1.807) is 36.5 Å². The van der Waals surface area contributed by atoms with Crippen molar-refractivity contribution >= 4 is 46.9 Å². The van der Waals surface area contributed by atoms with Crippen molar-refractivity contribution in [2.45, 2.75) is 25.3 Å². The molecule has 2 aliphatic heterocycles. The predicted octanol–water partition coefficient (Wildman–Crippen LogP) is 2.77. The minimum Gasteiger partial charge on any atom is -0.508 e. The molecular formula is C25H24Cl2N4O5. The van der Waals surface area contributed by atoms with Crippen molar-refractivity contribution in [2.75, 3.05) is 13.1 Å². The molecule has 1 atom stereocenters. The van der Waals surface area contributed by atoms with E-state index in [-0.39, 0.29) is 35.6 Å². The Hall–Kier alpha value is -3.56. The maximum absolute atomic E-state index is 12.8. The number of hydrogen-bond donors (Lipinski definition) is 3. The van der Waals surface area contributed by atoms with Crippen molar-refractivity contribution in [3.63, 3.8) is 0 Å². The van der Waals surface area contributed by atoms with E-state index >= 15 is 0 Å². The van der Waals surface area contributed by atoms with Gasteiger partial charge in [-0.2, -0.15) is 0 Å². The fraction of sp³-hybridized carbons (Fsp3) is 0.280. The molecule has 2 aromatic rings. The van der Waals surface area contributed by atoms with Crippen LogP contribution in [0.25, 0.3) is 0 Å². The summed E-state index contributed by atoms with van der Waals surface area (Å²) >= 11 is 12.1. The number of nitrogens with two attached hydrogens (primary N) is 1. The molecule has 0 aliphatic carbocycles. The number of phenolic OH excluding ortho intramolecular Hbond substituents is 1. The standard InChI is InChI=1S/C25H24Cl2N4O5/c26-16-3-6-18(19(27)12-16)24-30-21(25(35)36-24)13-31-9-7-15(8-10-31)23(34)29-20(22(28)33)11-14-1-4-17(32)5-2-14/h1-6,12-13,15,20,32H,7-11H2,(H2,28,33)(H,29,34)/b21-13-/t20-/m0/s1. The zero-order chi connectivity index (χ0) is 25.8. The molecule has 2 aliphatic rings. The molecule has 11 heteroatoms. The molecule has 1 saturated heterocycles. The fourth-order valence-corrected chi connectivity index (χ4v) is 4.51. The van der Waals surface area contributed by atoms with Gasteiger partial charge < -0.3 is 25.8 Å². The predicted molar refractivity (Wildman–Crippen MR) is 134 cm³/mol. The van der Waals surface area contributed by atoms with Gasteiger partial charge in [-0.1, -0.05) is 35.3 Å². The highest BCUT2D eigenvalue weighted by Crippen LogP contribution is 2.26. The molecule has 0 radical (unpaired) electrons. The molecule has 9 nitrogen and oxygen atoms in total. The number of benzene rings is 2. The van der Waals surface area contributed by atoms with E-state index in [2.05, 4.69) is 10.3 Å². The van der Waals surface area contributed by atoms with Gasteiger partial charge in [-0.05, 0) is 48.7 Å². The van der Waals surface area contributed by atoms with Crippen LogP contribution in [0, 0.1) is 5.92 Å². The number of hydrogen-bond acceptors (Lipinski definition) is 7. The summed E-state index contributed by atoms with van der Waals surface area (Å²) in [5, 5.41) is 12.9. The Labute approximate surface area is 217 Å². The lowest BCUT2D eigenvalue weighted by Crippen LogP contribution is -2.49. The van der Waals surface area contributed by atoms with Gasteiger partial charge in [0.1, 0.15) is 11.8 Å². The van der Waals surface area contributed by atoms with E-state index in [0.717, 1.165) is 5.56 Å². The Morgan fingerprint density at radius 1 is 1.19 bits per heavy atom. The highest BCUT2D eigenvalue weighted by atomic mass is 35.5. The molecule has 4 N–H and O–H groups in total. The molecule has 0 spiro atoms. The smallest absolute Gasteiger partial charge is 0.365 e. The molecule has 188 valence electrons. The molecule has 1 fully saturated rings. The molecule has 36 heavy (non-hydrogen) atoms. The number of aromatic hydroxyl groups is 1. The average Bonchev–Trinajstić information content (AvgIpc) is 3.19. The van der Waals surface area contributed by atoms with Crippen LogP contribution in [-0.4, -0.2) is 52.8 Å². The van der Waals surface area contributed by atoms with Crippen molar-refractivity contribution in [3.8, 4) is 5.75 Å². The number of phenols is 1. The first-order chi connectivity index (χ1) is 17.2. The van der Waals surface area contributed by atoms with E-state index in [1.165, 1.54) is 12.1 Å². The third-order valence-electron chi connectivity index (χ3n) is 6.02. The highest BCUT2D eigenvalue weighted by molar-refractivity contribution is 6.37. The van der Waals surface area contributed by atoms with Crippen LogP contribution in [0.3, 0.4) is 0 Å². The first-order valence-corrected chi connectivity index (χ1v) is 12.0. The number of ether oxygens (including phenoxy) is 1. The summed E-state index contributed by atoms with van der Waals surface area (Å²) in [6.07, 6.45) is 2.89. The second-order valence-corrected chi connectivity index (χ2v) is 9.43. The van der Waals surface area contributed by atoms with E-state index in [0.29, 0.717) is 41.5 Å². The summed E-state index contributed by atoms with van der Waals surface area (Å²) in [6, 6.07) is 10.3. The van der Waals surface area contributed by atoms with Crippen molar-refractivity contribution in [1.82, 2.24) is 10.2 Å². The van der Waals surface area contributed by atoms with Gasteiger partial charge in [0.05, 0.1) is 10.6 Å². The maximum Gasteiger partial charge on any atom is 0.365 e. The topological polar surface area (TPSA) is 134 Å². The van der Waals surface area contributed by atoms with Gasteiger partial charge in [-0.3, -0.25) is 9.59 Å². The van der Waals surface area contributed by atoms with E-state index in [9.17, 15) is 19.5 Å². The van der Waals surface area contributed by atoms with Crippen LogP contribution in [-0.2, 0) is 25.5 Å². The lowest BCUT2D eigenvalue weighted by Gasteiger charge is -2.31. The minimum absolute atomic E-state index is 0.105. The quantitative estimate of drug-likeness (QED) is 0.372. The molecule has 0 aromatic heterocycles. The second-order valence-electron chi connectivity index (χ2n) is 8.59. The molecular weight excluding hydrogens is 507 g/mol. The first kappa shape index (κ1) is 25.5. The van der Waals surface area contributed by atoms with Crippen molar-refractivity contribution < 1.29 is 24.2 Å². The number of esters is 1. The zero-order valence-electron chi connectivity index (χ0n) is 19.1. The average molecular weight is 531 g/mol. The maximum atomic E-state index is 12.8. The number of likely N-dealkylation sites (tertiary alicyclic amines) is 1.